The van der Waals surface area contributed by atoms with Gasteiger partial charge in [-0.2, -0.15) is 0 Å². The van der Waals surface area contributed by atoms with Crippen molar-refractivity contribution in [1.82, 2.24) is 9.97 Å². The molecule has 19 heavy (non-hydrogen) atoms. The fraction of sp³-hybridized carbons (Fsp3) is 0.133. The number of nitrogens with zero attached hydrogens (tertiary/aromatic N) is 3. The minimum Gasteiger partial charge on any atom is -0.462 e. The average Bonchev–Trinajstić information content (AvgIpc) is 3.08. The van der Waals surface area contributed by atoms with Gasteiger partial charge in [0, 0.05) is 36.7 Å². The van der Waals surface area contributed by atoms with Gasteiger partial charge in [-0.05, 0) is 24.6 Å². The maximum atomic E-state index is 5.19. The molecule has 4 nitrogen and oxygen atoms in total. The Kier molecular flexibility index (Phi) is 3.06. The summed E-state index contributed by atoms with van der Waals surface area (Å²) in [4.78, 5) is 12.2. The van der Waals surface area contributed by atoms with Crippen LogP contribution in [0.15, 0.2) is 52.3 Å². The predicted molar refractivity (Wildman–Crippen MR) is 74.8 cm³/mol. The van der Waals surface area contributed by atoms with E-state index in [9.17, 15) is 0 Å². The number of aryl methyl sites for hydroxylation is 1. The zero-order valence-corrected chi connectivity index (χ0v) is 10.6. The highest BCUT2D eigenvalue weighted by Gasteiger charge is 2.03. The van der Waals surface area contributed by atoms with E-state index < -0.39 is 0 Å². The first kappa shape index (κ1) is 11.6. The number of aliphatic imine (C=N–C) groups is 1. The van der Waals surface area contributed by atoms with Crippen molar-refractivity contribution in [2.45, 2.75) is 13.3 Å². The Balaban J connectivity index is 0.000000117. The SMILES string of the molecule is C1=Nc2ncccc2C1.Cc1ccnc2ccoc12. The second kappa shape index (κ2) is 5.02. The third-order valence-corrected chi connectivity index (χ3v) is 2.93. The molecule has 0 aromatic carbocycles. The molecule has 0 amide bonds. The summed E-state index contributed by atoms with van der Waals surface area (Å²) < 4.78 is 5.19. The molecule has 0 N–H and O–H groups in total. The highest BCUT2D eigenvalue weighted by molar-refractivity contribution is 5.75. The van der Waals surface area contributed by atoms with Crippen LogP contribution in [0, 0.1) is 6.92 Å². The van der Waals surface area contributed by atoms with Gasteiger partial charge in [-0.25, -0.2) is 9.98 Å². The van der Waals surface area contributed by atoms with Crippen LogP contribution in [0.3, 0.4) is 0 Å². The van der Waals surface area contributed by atoms with Crippen LogP contribution < -0.4 is 0 Å². The van der Waals surface area contributed by atoms with Crippen molar-refractivity contribution >= 4 is 23.1 Å². The monoisotopic (exact) mass is 251 g/mol. The lowest BCUT2D eigenvalue weighted by molar-refractivity contribution is 0.613. The Morgan fingerprint density at radius 2 is 2.05 bits per heavy atom. The van der Waals surface area contributed by atoms with Gasteiger partial charge in [0.25, 0.3) is 0 Å². The van der Waals surface area contributed by atoms with Gasteiger partial charge in [0.2, 0.25) is 0 Å². The number of hydrogen-bond acceptors (Lipinski definition) is 4. The van der Waals surface area contributed by atoms with Gasteiger partial charge in [-0.3, -0.25) is 4.98 Å². The number of aromatic nitrogens is 2. The molecule has 0 atom stereocenters. The summed E-state index contributed by atoms with van der Waals surface area (Å²) in [6.45, 7) is 2.01. The predicted octanol–water partition coefficient (Wildman–Crippen LogP) is 3.48. The van der Waals surface area contributed by atoms with Crippen molar-refractivity contribution in [3.8, 4) is 0 Å². The van der Waals surface area contributed by atoms with Crippen molar-refractivity contribution in [2.75, 3.05) is 0 Å². The number of furan rings is 1. The third-order valence-electron chi connectivity index (χ3n) is 2.93. The fourth-order valence-corrected chi connectivity index (χ4v) is 1.94. The number of pyridine rings is 2. The summed E-state index contributed by atoms with van der Waals surface area (Å²) in [5.41, 5.74) is 4.19. The quantitative estimate of drug-likeness (QED) is 0.614. The Labute approximate surface area is 110 Å². The Morgan fingerprint density at radius 1 is 1.11 bits per heavy atom. The molecule has 4 heteroatoms. The zero-order chi connectivity index (χ0) is 13.1. The van der Waals surface area contributed by atoms with Gasteiger partial charge in [0.1, 0.15) is 5.52 Å². The molecule has 0 unspecified atom stereocenters. The first-order chi connectivity index (χ1) is 9.34. The summed E-state index contributed by atoms with van der Waals surface area (Å²) in [6.07, 6.45) is 8.04. The van der Waals surface area contributed by atoms with Gasteiger partial charge in [-0.1, -0.05) is 6.07 Å². The van der Waals surface area contributed by atoms with Gasteiger partial charge in [0.15, 0.2) is 11.4 Å². The van der Waals surface area contributed by atoms with E-state index in [2.05, 4.69) is 21.0 Å². The van der Waals surface area contributed by atoms with E-state index in [1.165, 1.54) is 5.56 Å². The molecule has 3 aromatic rings. The standard InChI is InChI=1S/C8H7NO.C7H6N2/c1-6-2-4-9-7-3-5-10-8(6)7;1-2-6-3-5-9-7(6)8-4-1/h2-5H,1H3;1-2,4-5H,3H2. The molecule has 0 bridgehead atoms. The highest BCUT2D eigenvalue weighted by atomic mass is 16.3. The average molecular weight is 251 g/mol. The van der Waals surface area contributed by atoms with Crippen molar-refractivity contribution in [3.05, 3.63) is 54.0 Å². The van der Waals surface area contributed by atoms with Crippen LogP contribution in [-0.4, -0.2) is 16.2 Å². The summed E-state index contributed by atoms with van der Waals surface area (Å²) in [6, 6.07) is 7.79. The number of hydrogen-bond donors (Lipinski definition) is 0. The molecule has 3 aromatic heterocycles. The lowest BCUT2D eigenvalue weighted by atomic mass is 10.2. The van der Waals surface area contributed by atoms with Crippen LogP contribution in [0.5, 0.6) is 0 Å². The minimum atomic E-state index is 0.887. The van der Waals surface area contributed by atoms with Crippen molar-refractivity contribution in [2.24, 2.45) is 4.99 Å². The number of fused-ring (bicyclic) bond motifs is 2. The molecule has 4 rings (SSSR count). The third kappa shape index (κ3) is 2.38. The van der Waals surface area contributed by atoms with Crippen LogP contribution >= 0.6 is 0 Å². The van der Waals surface area contributed by atoms with E-state index in [0.717, 1.165) is 28.9 Å². The first-order valence-corrected chi connectivity index (χ1v) is 6.10. The minimum absolute atomic E-state index is 0.887. The molecule has 0 radical (unpaired) electrons. The maximum Gasteiger partial charge on any atom is 0.155 e. The van der Waals surface area contributed by atoms with E-state index >= 15 is 0 Å². The summed E-state index contributed by atoms with van der Waals surface area (Å²) in [5.74, 6) is 0.887. The molecule has 0 aliphatic carbocycles. The van der Waals surface area contributed by atoms with Crippen LogP contribution in [0.2, 0.25) is 0 Å². The molecule has 0 saturated heterocycles. The topological polar surface area (TPSA) is 51.3 Å². The zero-order valence-electron chi connectivity index (χ0n) is 10.6. The van der Waals surface area contributed by atoms with E-state index in [0.29, 0.717) is 0 Å². The summed E-state index contributed by atoms with van der Waals surface area (Å²) in [7, 11) is 0. The lowest BCUT2D eigenvalue weighted by Gasteiger charge is -1.90. The smallest absolute Gasteiger partial charge is 0.155 e. The maximum absolute atomic E-state index is 5.19. The van der Waals surface area contributed by atoms with Gasteiger partial charge in [0.05, 0.1) is 6.26 Å². The van der Waals surface area contributed by atoms with Crippen LogP contribution in [-0.2, 0) is 6.42 Å². The van der Waals surface area contributed by atoms with Crippen LogP contribution in [0.1, 0.15) is 11.1 Å². The van der Waals surface area contributed by atoms with Gasteiger partial charge >= 0.3 is 0 Å². The number of rotatable bonds is 0. The van der Waals surface area contributed by atoms with E-state index in [1.807, 2.05) is 31.3 Å². The Morgan fingerprint density at radius 3 is 2.89 bits per heavy atom. The molecule has 4 heterocycles. The van der Waals surface area contributed by atoms with Gasteiger partial charge in [-0.15, -0.1) is 0 Å². The molecule has 1 aliphatic heterocycles. The van der Waals surface area contributed by atoms with Crippen LogP contribution in [0.4, 0.5) is 5.82 Å². The van der Waals surface area contributed by atoms with E-state index in [4.69, 9.17) is 4.42 Å². The Bertz CT molecular complexity index is 731. The van der Waals surface area contributed by atoms with E-state index in [1.54, 1.807) is 18.7 Å². The normalized spacial score (nSPS) is 12.1. The molecular weight excluding hydrogens is 238 g/mol. The van der Waals surface area contributed by atoms with Crippen LogP contribution in [0.25, 0.3) is 11.1 Å². The Hall–Kier alpha value is -2.49. The van der Waals surface area contributed by atoms with Crippen molar-refractivity contribution < 1.29 is 4.42 Å². The summed E-state index contributed by atoms with van der Waals surface area (Å²) in [5, 5.41) is 0. The van der Waals surface area contributed by atoms with Crippen molar-refractivity contribution in [3.63, 3.8) is 0 Å². The lowest BCUT2D eigenvalue weighted by Crippen LogP contribution is -1.78. The summed E-state index contributed by atoms with van der Waals surface area (Å²) >= 11 is 0. The van der Waals surface area contributed by atoms with Crippen molar-refractivity contribution in [1.29, 1.82) is 0 Å². The first-order valence-electron chi connectivity index (χ1n) is 6.10. The molecule has 94 valence electrons. The van der Waals surface area contributed by atoms with E-state index in [-0.39, 0.29) is 0 Å². The fourth-order valence-electron chi connectivity index (χ4n) is 1.94. The molecule has 0 saturated carbocycles. The highest BCUT2D eigenvalue weighted by Crippen LogP contribution is 2.18. The second-order valence-corrected chi connectivity index (χ2v) is 4.26. The largest absolute Gasteiger partial charge is 0.462 e. The van der Waals surface area contributed by atoms with Gasteiger partial charge < -0.3 is 4.42 Å². The molecular formula is C15H13N3O. The molecule has 1 aliphatic rings. The molecule has 0 fully saturated rings. The molecule has 0 spiro atoms. The second-order valence-electron chi connectivity index (χ2n) is 4.26.